The summed E-state index contributed by atoms with van der Waals surface area (Å²) >= 11 is 2.05. The largest absolute Gasteiger partial charge is 0.486 e. The third-order valence-corrected chi connectivity index (χ3v) is 6.91. The Morgan fingerprint density at radius 1 is 1.17 bits per heavy atom. The van der Waals surface area contributed by atoms with Crippen molar-refractivity contribution in [2.75, 3.05) is 0 Å². The Bertz CT molecular complexity index is 1470. The van der Waals surface area contributed by atoms with E-state index in [2.05, 4.69) is 32.6 Å². The number of benzene rings is 2. The normalized spacial score (nSPS) is 12.9. The first-order valence-electron chi connectivity index (χ1n) is 11.3. The number of aromatic nitrogens is 2. The summed E-state index contributed by atoms with van der Waals surface area (Å²) in [7, 11) is 0. The molecule has 36 heavy (non-hydrogen) atoms. The lowest BCUT2D eigenvalue weighted by Gasteiger charge is -2.25. The maximum atomic E-state index is 14.7. The minimum Gasteiger partial charge on any atom is -0.486 e. The molecule has 4 rings (SSSR count). The van der Waals surface area contributed by atoms with Crippen LogP contribution < -0.4 is 10.3 Å². The van der Waals surface area contributed by atoms with Gasteiger partial charge in [-0.3, -0.25) is 9.59 Å². The molecule has 0 spiro atoms. The van der Waals surface area contributed by atoms with Gasteiger partial charge in [-0.1, -0.05) is 37.3 Å². The van der Waals surface area contributed by atoms with E-state index in [4.69, 9.17) is 4.74 Å². The average molecular weight is 602 g/mol. The minimum atomic E-state index is -1.66. The molecule has 0 amide bonds. The van der Waals surface area contributed by atoms with Crippen LogP contribution in [0, 0.1) is 9.52 Å². The zero-order valence-electron chi connectivity index (χ0n) is 19.4. The van der Waals surface area contributed by atoms with Gasteiger partial charge in [-0.15, -0.1) is 0 Å². The molecule has 2 aromatic carbocycles. The molecule has 186 valence electrons. The number of halogens is 2. The summed E-state index contributed by atoms with van der Waals surface area (Å²) in [4.78, 5) is 30.9. The van der Waals surface area contributed by atoms with Crippen LogP contribution in [0.25, 0.3) is 10.9 Å². The van der Waals surface area contributed by atoms with Crippen molar-refractivity contribution in [2.45, 2.75) is 38.4 Å². The number of aromatic amines is 1. The van der Waals surface area contributed by atoms with E-state index in [0.717, 1.165) is 11.1 Å². The van der Waals surface area contributed by atoms with Crippen LogP contribution in [0.3, 0.4) is 0 Å². The van der Waals surface area contributed by atoms with Gasteiger partial charge in [0, 0.05) is 29.6 Å². The van der Waals surface area contributed by atoms with E-state index in [1.165, 1.54) is 12.1 Å². The van der Waals surface area contributed by atoms with Gasteiger partial charge in [-0.2, -0.15) is 0 Å². The van der Waals surface area contributed by atoms with Gasteiger partial charge in [0.1, 0.15) is 15.9 Å². The van der Waals surface area contributed by atoms with Crippen molar-refractivity contribution < 1.29 is 24.1 Å². The number of carboxylic acids is 1. The van der Waals surface area contributed by atoms with E-state index in [1.54, 1.807) is 19.1 Å². The van der Waals surface area contributed by atoms with E-state index >= 15 is 0 Å². The van der Waals surface area contributed by atoms with Crippen LogP contribution in [0.1, 0.15) is 42.1 Å². The number of ether oxygens (including phenoxy) is 1. The monoisotopic (exact) mass is 602 g/mol. The van der Waals surface area contributed by atoms with Gasteiger partial charge in [0.25, 0.3) is 0 Å². The molecule has 0 aliphatic heterocycles. The predicted octanol–water partition coefficient (Wildman–Crippen LogP) is 4.91. The van der Waals surface area contributed by atoms with Crippen LogP contribution in [0.2, 0.25) is 0 Å². The predicted molar refractivity (Wildman–Crippen MR) is 142 cm³/mol. The Hall–Kier alpha value is -3.31. The highest BCUT2D eigenvalue weighted by Crippen LogP contribution is 2.30. The second-order valence-electron chi connectivity index (χ2n) is 8.58. The molecule has 2 aromatic heterocycles. The summed E-state index contributed by atoms with van der Waals surface area (Å²) in [5.41, 5.74) is 0.794. The van der Waals surface area contributed by atoms with Crippen LogP contribution in [0.5, 0.6) is 5.75 Å². The first-order valence-corrected chi connectivity index (χ1v) is 12.4. The van der Waals surface area contributed by atoms with Crippen molar-refractivity contribution in [1.82, 2.24) is 9.97 Å². The van der Waals surface area contributed by atoms with Crippen LogP contribution >= 0.6 is 22.6 Å². The first kappa shape index (κ1) is 25.8. The van der Waals surface area contributed by atoms with Crippen LogP contribution in [-0.4, -0.2) is 26.2 Å². The number of hydrogen-bond acceptors (Lipinski definition) is 5. The highest BCUT2D eigenvalue weighted by atomic mass is 127. The molecule has 0 aliphatic rings. The maximum absolute atomic E-state index is 14.7. The smallest absolute Gasteiger partial charge is 0.306 e. The van der Waals surface area contributed by atoms with Crippen molar-refractivity contribution in [3.05, 3.63) is 103 Å². The van der Waals surface area contributed by atoms with E-state index in [0.29, 0.717) is 20.3 Å². The maximum Gasteiger partial charge on any atom is 0.306 e. The third-order valence-electron chi connectivity index (χ3n) is 5.98. The molecule has 3 N–H and O–H groups in total. The Morgan fingerprint density at radius 3 is 2.61 bits per heavy atom. The topological polar surface area (TPSA) is 113 Å². The molecule has 0 saturated heterocycles. The van der Waals surface area contributed by atoms with Crippen molar-refractivity contribution in [3.63, 3.8) is 0 Å². The fourth-order valence-corrected chi connectivity index (χ4v) is 4.62. The zero-order chi connectivity index (χ0) is 25.9. The first-order chi connectivity index (χ1) is 17.2. The molecular weight excluding hydrogens is 578 g/mol. The number of H-pyrrole nitrogens is 1. The lowest BCUT2D eigenvalue weighted by Crippen LogP contribution is -2.30. The van der Waals surface area contributed by atoms with Crippen molar-refractivity contribution in [3.8, 4) is 5.75 Å². The molecular formula is C27H24FIN2O5. The minimum absolute atomic E-state index is 0.109. The van der Waals surface area contributed by atoms with Gasteiger partial charge < -0.3 is 19.9 Å². The number of nitrogens with one attached hydrogen (secondary N) is 1. The number of carboxylic acid groups (broad SMARTS) is 1. The molecule has 1 unspecified atom stereocenters. The molecule has 1 atom stereocenters. The Kier molecular flexibility index (Phi) is 7.70. The van der Waals surface area contributed by atoms with E-state index < -0.39 is 29.4 Å². The summed E-state index contributed by atoms with van der Waals surface area (Å²) in [6.07, 6.45) is -0.109. The number of fused-ring (bicyclic) bond motifs is 1. The Morgan fingerprint density at radius 2 is 1.92 bits per heavy atom. The van der Waals surface area contributed by atoms with Crippen molar-refractivity contribution in [2.24, 2.45) is 0 Å². The number of aliphatic hydroxyl groups is 1. The molecule has 7 nitrogen and oxygen atoms in total. The molecule has 0 saturated carbocycles. The zero-order valence-corrected chi connectivity index (χ0v) is 21.6. The fourth-order valence-electron chi connectivity index (χ4n) is 4.02. The summed E-state index contributed by atoms with van der Waals surface area (Å²) in [6.45, 7) is 1.88. The molecule has 2 heterocycles. The third kappa shape index (κ3) is 5.90. The standard InChI is InChI=1S/C27H24FIN2O5/c1-2-27(35,14-25(33)34)19-11-20(30-24(32)12-19)9-18-8-17-10-23(21(28)13-22(17)31-26(18)29)36-15-16-6-4-3-5-7-16/h3-8,10-13,35H,2,9,14-15H2,1H3,(H,30,32)(H,33,34). The fraction of sp³-hybridized carbons (Fsp3) is 0.222. The van der Waals surface area contributed by atoms with Crippen molar-refractivity contribution >= 4 is 39.5 Å². The number of aliphatic carboxylic acids is 1. The summed E-state index contributed by atoms with van der Waals surface area (Å²) in [5, 5.41) is 20.7. The number of pyridine rings is 2. The second kappa shape index (κ2) is 10.8. The van der Waals surface area contributed by atoms with Gasteiger partial charge >= 0.3 is 5.97 Å². The second-order valence-corrected chi connectivity index (χ2v) is 9.60. The summed E-state index contributed by atoms with van der Waals surface area (Å²) in [6, 6.07) is 17.1. The number of rotatable bonds is 9. The summed E-state index contributed by atoms with van der Waals surface area (Å²) < 4.78 is 21.0. The van der Waals surface area contributed by atoms with Gasteiger partial charge in [0.2, 0.25) is 5.56 Å². The lowest BCUT2D eigenvalue weighted by molar-refractivity contribution is -0.143. The van der Waals surface area contributed by atoms with E-state index in [-0.39, 0.29) is 30.8 Å². The van der Waals surface area contributed by atoms with E-state index in [9.17, 15) is 24.2 Å². The van der Waals surface area contributed by atoms with E-state index in [1.807, 2.05) is 36.4 Å². The SMILES string of the molecule is CCC(O)(CC(=O)O)c1cc(Cc2cc3cc(OCc4ccccc4)c(F)cc3nc2I)[nH]c(=O)c1. The molecule has 0 radical (unpaired) electrons. The average Bonchev–Trinajstić information content (AvgIpc) is 2.83. The van der Waals surface area contributed by atoms with Gasteiger partial charge in [-0.25, -0.2) is 9.37 Å². The van der Waals surface area contributed by atoms with Gasteiger partial charge in [-0.05, 0) is 63.9 Å². The highest BCUT2D eigenvalue weighted by molar-refractivity contribution is 14.1. The molecule has 0 aliphatic carbocycles. The number of nitrogens with zero attached hydrogens (tertiary/aromatic N) is 1. The van der Waals surface area contributed by atoms with Crippen LogP contribution in [0.4, 0.5) is 4.39 Å². The Balaban J connectivity index is 1.65. The van der Waals surface area contributed by atoms with Crippen molar-refractivity contribution in [1.29, 1.82) is 0 Å². The summed E-state index contributed by atoms with van der Waals surface area (Å²) in [5.74, 6) is -1.56. The lowest BCUT2D eigenvalue weighted by atomic mass is 9.87. The Labute approximate surface area is 220 Å². The molecule has 4 aromatic rings. The number of carbonyl (C=O) groups is 1. The quantitative estimate of drug-likeness (QED) is 0.186. The van der Waals surface area contributed by atoms with Crippen LogP contribution in [0.15, 0.2) is 65.5 Å². The highest BCUT2D eigenvalue weighted by Gasteiger charge is 2.31. The number of hydrogen-bond donors (Lipinski definition) is 3. The van der Waals surface area contributed by atoms with Crippen LogP contribution in [-0.2, 0) is 23.4 Å². The van der Waals surface area contributed by atoms with Gasteiger partial charge in [0.15, 0.2) is 11.6 Å². The molecule has 0 fully saturated rings. The van der Waals surface area contributed by atoms with Gasteiger partial charge in [0.05, 0.1) is 11.9 Å². The molecule has 0 bridgehead atoms. The molecule has 9 heteroatoms.